The Hall–Kier alpha value is -3.04. The summed E-state index contributed by atoms with van der Waals surface area (Å²) in [6.07, 6.45) is -9.57. The number of rotatable bonds is 4. The van der Waals surface area contributed by atoms with Gasteiger partial charge in [-0.15, -0.1) is 0 Å². The molecule has 0 atom stereocenters. The highest BCUT2D eigenvalue weighted by Gasteiger charge is 2.37. The van der Waals surface area contributed by atoms with Crippen LogP contribution < -0.4 is 10.6 Å². The van der Waals surface area contributed by atoms with Crippen LogP contribution in [-0.4, -0.2) is 17.5 Å². The van der Waals surface area contributed by atoms with E-state index in [9.17, 15) is 35.9 Å². The summed E-state index contributed by atoms with van der Waals surface area (Å²) in [4.78, 5) is 24.7. The Labute approximate surface area is 161 Å². The van der Waals surface area contributed by atoms with E-state index < -0.39 is 52.1 Å². The molecule has 2 aromatic rings. The number of alkyl halides is 6. The molecule has 0 aromatic heterocycles. The fourth-order valence-corrected chi connectivity index (χ4v) is 2.59. The monoisotopic (exact) mass is 418 g/mol. The van der Waals surface area contributed by atoms with Gasteiger partial charge in [0.15, 0.2) is 0 Å². The van der Waals surface area contributed by atoms with Gasteiger partial charge in [-0.1, -0.05) is 24.3 Å². The molecule has 0 aliphatic rings. The molecule has 2 rings (SSSR count). The largest absolute Gasteiger partial charge is 0.417 e. The molecule has 156 valence electrons. The summed E-state index contributed by atoms with van der Waals surface area (Å²) in [5.74, 6) is -2.29. The molecule has 0 saturated carbocycles. The molecular weight excluding hydrogens is 402 g/mol. The van der Waals surface area contributed by atoms with E-state index in [1.165, 1.54) is 26.0 Å². The number of hydrogen-bond donors (Lipinski definition) is 2. The topological polar surface area (TPSA) is 58.2 Å². The molecule has 2 N–H and O–H groups in total. The van der Waals surface area contributed by atoms with Gasteiger partial charge in [0.2, 0.25) is 0 Å². The van der Waals surface area contributed by atoms with E-state index in [1.54, 1.807) is 0 Å². The molecule has 0 unspecified atom stereocenters. The van der Waals surface area contributed by atoms with E-state index in [-0.39, 0.29) is 0 Å². The van der Waals surface area contributed by atoms with Crippen molar-refractivity contribution in [1.82, 2.24) is 10.6 Å². The molecule has 0 saturated heterocycles. The standard InChI is InChI=1S/C19H16F6N2O2/c1-17(2,26-15(28)11-7-3-5-9-13(11)18(20,21)22)27-16(29)12-8-4-6-10-14(12)19(23,24)25/h3-10H,1-2H3,(H,26,28)(H,27,29). The van der Waals surface area contributed by atoms with Crippen molar-refractivity contribution in [3.05, 3.63) is 70.8 Å². The van der Waals surface area contributed by atoms with Crippen molar-refractivity contribution in [3.8, 4) is 0 Å². The van der Waals surface area contributed by atoms with Crippen molar-refractivity contribution in [1.29, 1.82) is 0 Å². The average Bonchev–Trinajstić information content (AvgIpc) is 2.59. The maximum Gasteiger partial charge on any atom is 0.417 e. The van der Waals surface area contributed by atoms with Gasteiger partial charge in [0, 0.05) is 0 Å². The first-order chi connectivity index (χ1) is 13.2. The molecule has 0 aliphatic heterocycles. The zero-order chi connectivity index (χ0) is 22.0. The van der Waals surface area contributed by atoms with Gasteiger partial charge >= 0.3 is 12.4 Å². The molecule has 0 bridgehead atoms. The Morgan fingerprint density at radius 2 is 0.966 bits per heavy atom. The lowest BCUT2D eigenvalue weighted by molar-refractivity contribution is -0.138. The third kappa shape index (κ3) is 5.49. The summed E-state index contributed by atoms with van der Waals surface area (Å²) >= 11 is 0. The van der Waals surface area contributed by atoms with Gasteiger partial charge in [0.25, 0.3) is 11.8 Å². The van der Waals surface area contributed by atoms with Gasteiger partial charge in [-0.25, -0.2) is 0 Å². The van der Waals surface area contributed by atoms with E-state index in [1.807, 2.05) is 0 Å². The summed E-state index contributed by atoms with van der Waals surface area (Å²) in [6.45, 7) is 2.46. The summed E-state index contributed by atoms with van der Waals surface area (Å²) in [5.41, 5.74) is -5.37. The van der Waals surface area contributed by atoms with Gasteiger partial charge in [-0.2, -0.15) is 26.3 Å². The van der Waals surface area contributed by atoms with E-state index in [4.69, 9.17) is 0 Å². The van der Waals surface area contributed by atoms with Gasteiger partial charge in [0.05, 0.1) is 22.3 Å². The second-order valence-electron chi connectivity index (χ2n) is 6.62. The van der Waals surface area contributed by atoms with Crippen LogP contribution in [0.5, 0.6) is 0 Å². The smallest absolute Gasteiger partial charge is 0.330 e. The first-order valence-corrected chi connectivity index (χ1v) is 8.20. The molecule has 10 heteroatoms. The molecular formula is C19H16F6N2O2. The molecule has 0 heterocycles. The van der Waals surface area contributed by atoms with Crippen LogP contribution in [-0.2, 0) is 12.4 Å². The fraction of sp³-hybridized carbons (Fsp3) is 0.263. The number of nitrogens with one attached hydrogen (secondary N) is 2. The molecule has 0 fully saturated rings. The SMILES string of the molecule is CC(C)(NC(=O)c1ccccc1C(F)(F)F)NC(=O)c1ccccc1C(F)(F)F. The minimum Gasteiger partial charge on any atom is -0.330 e. The molecule has 0 aliphatic carbocycles. The molecule has 0 radical (unpaired) electrons. The van der Waals surface area contributed by atoms with Crippen molar-refractivity contribution in [2.24, 2.45) is 0 Å². The van der Waals surface area contributed by atoms with Crippen molar-refractivity contribution in [2.75, 3.05) is 0 Å². The van der Waals surface area contributed by atoms with Crippen LogP contribution in [0.25, 0.3) is 0 Å². The Balaban J connectivity index is 2.24. The van der Waals surface area contributed by atoms with Crippen LogP contribution >= 0.6 is 0 Å². The van der Waals surface area contributed by atoms with Crippen molar-refractivity contribution in [2.45, 2.75) is 31.9 Å². The molecule has 0 spiro atoms. The lowest BCUT2D eigenvalue weighted by Crippen LogP contribution is -2.56. The summed E-state index contributed by atoms with van der Waals surface area (Å²) < 4.78 is 78.4. The summed E-state index contributed by atoms with van der Waals surface area (Å²) in [6, 6.07) is 8.04. The van der Waals surface area contributed by atoms with Gasteiger partial charge in [0.1, 0.15) is 5.66 Å². The fourth-order valence-electron chi connectivity index (χ4n) is 2.59. The quantitative estimate of drug-likeness (QED) is 0.562. The Morgan fingerprint density at radius 3 is 1.28 bits per heavy atom. The van der Waals surface area contributed by atoms with Crippen LogP contribution in [0.3, 0.4) is 0 Å². The predicted octanol–water partition coefficient (Wildman–Crippen LogP) is 4.62. The zero-order valence-electron chi connectivity index (χ0n) is 15.2. The number of carbonyl (C=O) groups is 2. The van der Waals surface area contributed by atoms with E-state index in [2.05, 4.69) is 10.6 Å². The lowest BCUT2D eigenvalue weighted by Gasteiger charge is -2.29. The van der Waals surface area contributed by atoms with Gasteiger partial charge < -0.3 is 10.6 Å². The van der Waals surface area contributed by atoms with Crippen LogP contribution in [0.2, 0.25) is 0 Å². The highest BCUT2D eigenvalue weighted by atomic mass is 19.4. The third-order valence-electron chi connectivity index (χ3n) is 3.81. The zero-order valence-corrected chi connectivity index (χ0v) is 15.2. The number of hydrogen-bond acceptors (Lipinski definition) is 2. The second-order valence-corrected chi connectivity index (χ2v) is 6.62. The Kier molecular flexibility index (Phi) is 5.96. The van der Waals surface area contributed by atoms with E-state index in [0.29, 0.717) is 0 Å². The van der Waals surface area contributed by atoms with Gasteiger partial charge in [-0.3, -0.25) is 9.59 Å². The van der Waals surface area contributed by atoms with Gasteiger partial charge in [-0.05, 0) is 38.1 Å². The minimum atomic E-state index is -4.78. The van der Waals surface area contributed by atoms with Crippen molar-refractivity contribution in [3.63, 3.8) is 0 Å². The van der Waals surface area contributed by atoms with Crippen LogP contribution in [0.1, 0.15) is 45.7 Å². The highest BCUT2D eigenvalue weighted by Crippen LogP contribution is 2.33. The predicted molar refractivity (Wildman–Crippen MR) is 91.9 cm³/mol. The molecule has 29 heavy (non-hydrogen) atoms. The maximum absolute atomic E-state index is 13.1. The number of carbonyl (C=O) groups excluding carboxylic acids is 2. The van der Waals surface area contributed by atoms with E-state index >= 15 is 0 Å². The number of halogens is 6. The van der Waals surface area contributed by atoms with E-state index in [0.717, 1.165) is 36.4 Å². The molecule has 2 aromatic carbocycles. The summed E-state index contributed by atoms with van der Waals surface area (Å²) in [5, 5.41) is 4.38. The Morgan fingerprint density at radius 1 is 0.655 bits per heavy atom. The molecule has 4 nitrogen and oxygen atoms in total. The highest BCUT2D eigenvalue weighted by molar-refractivity contribution is 5.98. The molecule has 2 amide bonds. The number of benzene rings is 2. The Bertz CT molecular complexity index is 846. The average molecular weight is 418 g/mol. The first kappa shape index (κ1) is 22.3. The summed E-state index contributed by atoms with van der Waals surface area (Å²) in [7, 11) is 0. The van der Waals surface area contributed by atoms with Crippen molar-refractivity contribution >= 4 is 11.8 Å². The lowest BCUT2D eigenvalue weighted by atomic mass is 10.0. The minimum absolute atomic E-state index is 0.682. The van der Waals surface area contributed by atoms with Crippen molar-refractivity contribution < 1.29 is 35.9 Å². The third-order valence-corrected chi connectivity index (χ3v) is 3.81. The first-order valence-electron chi connectivity index (χ1n) is 8.20. The van der Waals surface area contributed by atoms with Crippen LogP contribution in [0, 0.1) is 0 Å². The van der Waals surface area contributed by atoms with Crippen LogP contribution in [0.15, 0.2) is 48.5 Å². The maximum atomic E-state index is 13.1. The normalized spacial score (nSPS) is 12.4. The number of amides is 2. The second kappa shape index (κ2) is 7.76. The van der Waals surface area contributed by atoms with Crippen LogP contribution in [0.4, 0.5) is 26.3 Å².